The first-order chi connectivity index (χ1) is 15.5. The number of carbonyl (C=O) groups is 2. The van der Waals surface area contributed by atoms with Gasteiger partial charge in [-0.1, -0.05) is 27.7 Å². The smallest absolute Gasteiger partial charge is 0.255 e. The number of nitrogens with one attached hydrogen (secondary N) is 2. The van der Waals surface area contributed by atoms with E-state index in [1.165, 1.54) is 23.1 Å². The number of halogens is 1. The minimum Gasteiger partial charge on any atom is -0.497 e. The Kier molecular flexibility index (Phi) is 7.09. The summed E-state index contributed by atoms with van der Waals surface area (Å²) in [6.45, 7) is 0. The van der Waals surface area contributed by atoms with E-state index in [2.05, 4.69) is 31.5 Å². The van der Waals surface area contributed by atoms with Gasteiger partial charge in [-0.05, 0) is 66.7 Å². The summed E-state index contributed by atoms with van der Waals surface area (Å²) in [5, 5.41) is 5.77. The molecule has 0 spiro atoms. The number of anilines is 2. The third-order valence-corrected chi connectivity index (χ3v) is 7.12. The van der Waals surface area contributed by atoms with Gasteiger partial charge in [0.05, 0.1) is 23.1 Å². The van der Waals surface area contributed by atoms with Crippen LogP contribution in [0.25, 0.3) is 10.2 Å². The van der Waals surface area contributed by atoms with Crippen LogP contribution in [-0.4, -0.2) is 29.7 Å². The zero-order valence-corrected chi connectivity index (χ0v) is 20.1. The van der Waals surface area contributed by atoms with Crippen LogP contribution in [0.3, 0.4) is 0 Å². The molecule has 0 atom stereocenters. The Balaban J connectivity index is 1.36. The summed E-state index contributed by atoms with van der Waals surface area (Å²) < 4.78 is 7.77. The predicted octanol–water partition coefficient (Wildman–Crippen LogP) is 6.05. The third-order valence-electron chi connectivity index (χ3n) is 4.43. The molecule has 0 unspecified atom stereocenters. The van der Waals surface area contributed by atoms with E-state index in [9.17, 15) is 9.59 Å². The fourth-order valence-corrected chi connectivity index (χ4v) is 5.02. The van der Waals surface area contributed by atoms with Crippen molar-refractivity contribution in [2.24, 2.45) is 0 Å². The molecule has 0 saturated carbocycles. The van der Waals surface area contributed by atoms with Crippen LogP contribution in [0.2, 0.25) is 0 Å². The topological polar surface area (TPSA) is 80.3 Å². The molecular weight excluding hydrogens is 510 g/mol. The van der Waals surface area contributed by atoms with E-state index in [1.54, 1.807) is 43.5 Å². The summed E-state index contributed by atoms with van der Waals surface area (Å²) in [6.07, 6.45) is 0. The molecule has 0 saturated heterocycles. The lowest BCUT2D eigenvalue weighted by Gasteiger charge is -2.05. The van der Waals surface area contributed by atoms with E-state index < -0.39 is 0 Å². The number of hydrogen-bond acceptors (Lipinski definition) is 6. The monoisotopic (exact) mass is 527 g/mol. The number of hydrogen-bond donors (Lipinski definition) is 2. The highest BCUT2D eigenvalue weighted by atomic mass is 79.9. The van der Waals surface area contributed by atoms with E-state index >= 15 is 0 Å². The largest absolute Gasteiger partial charge is 0.497 e. The number of thioether (sulfide) groups is 1. The van der Waals surface area contributed by atoms with E-state index in [1.807, 2.05) is 30.3 Å². The Hall–Kier alpha value is -2.88. The second kappa shape index (κ2) is 10.2. The van der Waals surface area contributed by atoms with Crippen LogP contribution in [-0.2, 0) is 4.79 Å². The fourth-order valence-electron chi connectivity index (χ4n) is 2.85. The molecule has 0 fully saturated rings. The number of benzene rings is 3. The molecule has 0 aliphatic carbocycles. The first-order valence-electron chi connectivity index (χ1n) is 9.54. The zero-order chi connectivity index (χ0) is 22.5. The van der Waals surface area contributed by atoms with Crippen molar-refractivity contribution in [3.63, 3.8) is 0 Å². The maximum atomic E-state index is 12.4. The highest BCUT2D eigenvalue weighted by Crippen LogP contribution is 2.31. The molecule has 0 aliphatic heterocycles. The van der Waals surface area contributed by atoms with Gasteiger partial charge in [-0.25, -0.2) is 4.98 Å². The number of methoxy groups -OCH3 is 1. The lowest BCUT2D eigenvalue weighted by atomic mass is 10.2. The minimum atomic E-state index is -0.175. The molecule has 4 aromatic rings. The van der Waals surface area contributed by atoms with Crippen LogP contribution < -0.4 is 15.4 Å². The second-order valence-electron chi connectivity index (χ2n) is 6.69. The van der Waals surface area contributed by atoms with Gasteiger partial charge < -0.3 is 15.4 Å². The number of fused-ring (bicyclic) bond motifs is 1. The molecule has 4 rings (SSSR count). The molecule has 6 nitrogen and oxygen atoms in total. The SMILES string of the molecule is COc1ccc(NC(=O)CSc2nc3ccc(NC(=O)c4ccc(Br)cc4)cc3s2)cc1. The summed E-state index contributed by atoms with van der Waals surface area (Å²) in [5.74, 6) is 0.700. The Bertz CT molecular complexity index is 1260. The minimum absolute atomic E-state index is 0.109. The van der Waals surface area contributed by atoms with Gasteiger partial charge in [0.2, 0.25) is 5.91 Å². The van der Waals surface area contributed by atoms with Gasteiger partial charge in [0, 0.05) is 21.4 Å². The van der Waals surface area contributed by atoms with Crippen LogP contribution >= 0.6 is 39.0 Å². The maximum Gasteiger partial charge on any atom is 0.255 e. The van der Waals surface area contributed by atoms with Crippen molar-refractivity contribution in [3.05, 3.63) is 76.8 Å². The molecule has 1 aromatic heterocycles. The van der Waals surface area contributed by atoms with Gasteiger partial charge in [-0.3, -0.25) is 9.59 Å². The second-order valence-corrected chi connectivity index (χ2v) is 9.86. The predicted molar refractivity (Wildman–Crippen MR) is 134 cm³/mol. The number of carbonyl (C=O) groups excluding carboxylic acids is 2. The van der Waals surface area contributed by atoms with Gasteiger partial charge in [-0.15, -0.1) is 11.3 Å². The van der Waals surface area contributed by atoms with Crippen LogP contribution in [0.4, 0.5) is 11.4 Å². The number of aromatic nitrogens is 1. The van der Waals surface area contributed by atoms with E-state index in [-0.39, 0.29) is 17.6 Å². The average molecular weight is 528 g/mol. The number of nitrogens with zero attached hydrogens (tertiary/aromatic N) is 1. The van der Waals surface area contributed by atoms with E-state index in [0.29, 0.717) is 16.9 Å². The molecule has 3 aromatic carbocycles. The first kappa shape index (κ1) is 22.3. The van der Waals surface area contributed by atoms with Gasteiger partial charge >= 0.3 is 0 Å². The Morgan fingerprint density at radius 3 is 2.44 bits per heavy atom. The van der Waals surface area contributed by atoms with Crippen LogP contribution in [0.1, 0.15) is 10.4 Å². The summed E-state index contributed by atoms with van der Waals surface area (Å²) in [4.78, 5) is 29.3. The van der Waals surface area contributed by atoms with Crippen molar-refractivity contribution in [2.75, 3.05) is 23.5 Å². The van der Waals surface area contributed by atoms with Crippen LogP contribution in [0.15, 0.2) is 75.5 Å². The van der Waals surface area contributed by atoms with Gasteiger partial charge in [0.15, 0.2) is 4.34 Å². The molecule has 1 heterocycles. The highest BCUT2D eigenvalue weighted by Gasteiger charge is 2.11. The average Bonchev–Trinajstić information content (AvgIpc) is 3.21. The van der Waals surface area contributed by atoms with E-state index in [0.717, 1.165) is 24.8 Å². The molecule has 2 N–H and O–H groups in total. The van der Waals surface area contributed by atoms with Crippen LogP contribution in [0.5, 0.6) is 5.75 Å². The highest BCUT2D eigenvalue weighted by molar-refractivity contribution is 9.10. The van der Waals surface area contributed by atoms with Gasteiger partial charge in [0.1, 0.15) is 5.75 Å². The van der Waals surface area contributed by atoms with E-state index in [4.69, 9.17) is 4.74 Å². The molecule has 0 radical (unpaired) electrons. The molecular formula is C23H18BrN3O3S2. The van der Waals surface area contributed by atoms with Gasteiger partial charge in [-0.2, -0.15) is 0 Å². The maximum absolute atomic E-state index is 12.4. The summed E-state index contributed by atoms with van der Waals surface area (Å²) >= 11 is 6.23. The standard InChI is InChI=1S/C23H18BrN3O3S2/c1-30-18-9-6-16(7-10-18)25-21(28)13-31-23-27-19-11-8-17(12-20(19)32-23)26-22(29)14-2-4-15(24)5-3-14/h2-12H,13H2,1H3,(H,25,28)(H,26,29). The first-order valence-corrected chi connectivity index (χ1v) is 12.1. The number of thiazole rings is 1. The molecule has 162 valence electrons. The molecule has 0 bridgehead atoms. The number of amides is 2. The molecule has 0 aliphatic rings. The van der Waals surface area contributed by atoms with Crippen molar-refractivity contribution in [1.29, 1.82) is 0 Å². The lowest BCUT2D eigenvalue weighted by molar-refractivity contribution is -0.113. The van der Waals surface area contributed by atoms with Crippen molar-refractivity contribution in [1.82, 2.24) is 4.98 Å². The van der Waals surface area contributed by atoms with Crippen molar-refractivity contribution < 1.29 is 14.3 Å². The van der Waals surface area contributed by atoms with Crippen molar-refractivity contribution in [2.45, 2.75) is 4.34 Å². The lowest BCUT2D eigenvalue weighted by Crippen LogP contribution is -2.13. The van der Waals surface area contributed by atoms with Crippen LogP contribution in [0, 0.1) is 0 Å². The van der Waals surface area contributed by atoms with Crippen molar-refractivity contribution >= 4 is 72.4 Å². The molecule has 32 heavy (non-hydrogen) atoms. The van der Waals surface area contributed by atoms with Crippen molar-refractivity contribution in [3.8, 4) is 5.75 Å². The molecule has 2 amide bonds. The molecule has 9 heteroatoms. The Morgan fingerprint density at radius 2 is 1.72 bits per heavy atom. The number of ether oxygens (including phenoxy) is 1. The van der Waals surface area contributed by atoms with Gasteiger partial charge in [0.25, 0.3) is 5.91 Å². The fraction of sp³-hybridized carbons (Fsp3) is 0.0870. The Morgan fingerprint density at radius 1 is 1.00 bits per heavy atom. The quantitative estimate of drug-likeness (QED) is 0.286. The number of rotatable bonds is 7. The summed E-state index contributed by atoms with van der Waals surface area (Å²) in [7, 11) is 1.60. The Labute approximate surface area is 201 Å². The zero-order valence-electron chi connectivity index (χ0n) is 16.9. The summed E-state index contributed by atoms with van der Waals surface area (Å²) in [5.41, 5.74) is 2.82. The normalized spacial score (nSPS) is 10.7. The third kappa shape index (κ3) is 5.67. The summed E-state index contributed by atoms with van der Waals surface area (Å²) in [6, 6.07) is 19.9.